The molecule has 1 heterocycles. The van der Waals surface area contributed by atoms with Crippen LogP contribution in [0, 0.1) is 6.92 Å². The van der Waals surface area contributed by atoms with Gasteiger partial charge >= 0.3 is 0 Å². The Hall–Kier alpha value is -1.89. The lowest BCUT2D eigenvalue weighted by molar-refractivity contribution is -0.117. The van der Waals surface area contributed by atoms with Crippen molar-refractivity contribution in [2.45, 2.75) is 24.3 Å². The quantitative estimate of drug-likeness (QED) is 0.907. The SMILES string of the molecule is Cc1ccc(S(=O)(=O)N[C@@H]2CC(=O)N(c3ccc(Cl)cc3)C2)cc1. The van der Waals surface area contributed by atoms with Gasteiger partial charge in [-0.15, -0.1) is 0 Å². The van der Waals surface area contributed by atoms with E-state index in [1.807, 2.05) is 6.92 Å². The van der Waals surface area contributed by atoms with Crippen LogP contribution >= 0.6 is 11.6 Å². The van der Waals surface area contributed by atoms with E-state index in [4.69, 9.17) is 11.6 Å². The number of hydrogen-bond donors (Lipinski definition) is 1. The summed E-state index contributed by atoms with van der Waals surface area (Å²) in [7, 11) is -3.65. The zero-order valence-corrected chi connectivity index (χ0v) is 14.6. The minimum atomic E-state index is -3.65. The molecular formula is C17H17ClN2O3S. The monoisotopic (exact) mass is 364 g/mol. The van der Waals surface area contributed by atoms with E-state index < -0.39 is 16.1 Å². The van der Waals surface area contributed by atoms with E-state index in [-0.39, 0.29) is 17.2 Å². The Bertz CT molecular complexity index is 848. The van der Waals surface area contributed by atoms with E-state index in [9.17, 15) is 13.2 Å². The Labute approximate surface area is 146 Å². The molecule has 1 saturated heterocycles. The standard InChI is InChI=1S/C17H17ClN2O3S/c1-12-2-8-16(9-3-12)24(22,23)19-14-10-17(21)20(11-14)15-6-4-13(18)5-7-15/h2-9,14,19H,10-11H2,1H3/t14-/m1/s1. The highest BCUT2D eigenvalue weighted by molar-refractivity contribution is 7.89. The van der Waals surface area contributed by atoms with Crippen molar-refractivity contribution in [1.29, 1.82) is 0 Å². The van der Waals surface area contributed by atoms with Gasteiger partial charge in [0.15, 0.2) is 0 Å². The van der Waals surface area contributed by atoms with Crippen LogP contribution in [-0.2, 0) is 14.8 Å². The number of hydrogen-bond acceptors (Lipinski definition) is 3. The van der Waals surface area contributed by atoms with Crippen molar-refractivity contribution in [1.82, 2.24) is 4.72 Å². The van der Waals surface area contributed by atoms with Crippen LogP contribution in [0.3, 0.4) is 0 Å². The van der Waals surface area contributed by atoms with Crippen molar-refractivity contribution in [2.24, 2.45) is 0 Å². The van der Waals surface area contributed by atoms with Crippen LogP contribution in [0.15, 0.2) is 53.4 Å². The van der Waals surface area contributed by atoms with Gasteiger partial charge in [-0.05, 0) is 43.3 Å². The number of rotatable bonds is 4. The molecule has 0 unspecified atom stereocenters. The van der Waals surface area contributed by atoms with Crippen molar-refractivity contribution < 1.29 is 13.2 Å². The van der Waals surface area contributed by atoms with Crippen LogP contribution in [0.2, 0.25) is 5.02 Å². The molecular weight excluding hydrogens is 348 g/mol. The van der Waals surface area contributed by atoms with Crippen molar-refractivity contribution in [3.05, 3.63) is 59.1 Å². The minimum absolute atomic E-state index is 0.117. The largest absolute Gasteiger partial charge is 0.311 e. The molecule has 1 fully saturated rings. The average Bonchev–Trinajstić information content (AvgIpc) is 2.88. The van der Waals surface area contributed by atoms with Gasteiger partial charge in [-0.1, -0.05) is 29.3 Å². The number of sulfonamides is 1. The smallest absolute Gasteiger partial charge is 0.240 e. The fourth-order valence-electron chi connectivity index (χ4n) is 2.66. The van der Waals surface area contributed by atoms with E-state index in [2.05, 4.69) is 4.72 Å². The second-order valence-electron chi connectivity index (χ2n) is 5.82. The van der Waals surface area contributed by atoms with Gasteiger partial charge in [0, 0.05) is 29.7 Å². The van der Waals surface area contributed by atoms with Gasteiger partial charge < -0.3 is 4.90 Å². The maximum absolute atomic E-state index is 12.4. The fraction of sp³-hybridized carbons (Fsp3) is 0.235. The Kier molecular flexibility index (Phi) is 4.62. The molecule has 0 bridgehead atoms. The van der Waals surface area contributed by atoms with Crippen LogP contribution in [0.4, 0.5) is 5.69 Å². The zero-order chi connectivity index (χ0) is 17.3. The molecule has 24 heavy (non-hydrogen) atoms. The van der Waals surface area contributed by atoms with Gasteiger partial charge in [0.1, 0.15) is 0 Å². The molecule has 7 heteroatoms. The summed E-state index contributed by atoms with van der Waals surface area (Å²) >= 11 is 5.85. The Balaban J connectivity index is 1.74. The highest BCUT2D eigenvalue weighted by Crippen LogP contribution is 2.24. The number of halogens is 1. The maximum atomic E-state index is 12.4. The molecule has 0 aromatic heterocycles. The molecule has 0 radical (unpaired) electrons. The van der Waals surface area contributed by atoms with E-state index in [0.717, 1.165) is 5.56 Å². The molecule has 0 aliphatic carbocycles. The van der Waals surface area contributed by atoms with Crippen molar-refractivity contribution in [2.75, 3.05) is 11.4 Å². The van der Waals surface area contributed by atoms with Gasteiger partial charge in [0.25, 0.3) is 0 Å². The first-order chi connectivity index (χ1) is 11.3. The first kappa shape index (κ1) is 17.0. The van der Waals surface area contributed by atoms with Gasteiger partial charge in [-0.3, -0.25) is 4.79 Å². The van der Waals surface area contributed by atoms with E-state index >= 15 is 0 Å². The third-order valence-corrected chi connectivity index (χ3v) is 5.70. The molecule has 2 aromatic carbocycles. The topological polar surface area (TPSA) is 66.5 Å². The number of nitrogens with one attached hydrogen (secondary N) is 1. The third-order valence-electron chi connectivity index (χ3n) is 3.92. The average molecular weight is 365 g/mol. The lowest BCUT2D eigenvalue weighted by atomic mass is 10.2. The zero-order valence-electron chi connectivity index (χ0n) is 13.1. The van der Waals surface area contributed by atoms with Crippen LogP contribution in [0.25, 0.3) is 0 Å². The van der Waals surface area contributed by atoms with Gasteiger partial charge in [0.2, 0.25) is 15.9 Å². The first-order valence-corrected chi connectivity index (χ1v) is 9.36. The van der Waals surface area contributed by atoms with Crippen molar-refractivity contribution in [3.63, 3.8) is 0 Å². The molecule has 2 aromatic rings. The Morgan fingerprint density at radius 3 is 2.33 bits per heavy atom. The summed E-state index contributed by atoms with van der Waals surface area (Å²) in [5.74, 6) is -0.117. The molecule has 0 spiro atoms. The van der Waals surface area contributed by atoms with Crippen LogP contribution in [0.5, 0.6) is 0 Å². The van der Waals surface area contributed by atoms with Crippen molar-refractivity contribution >= 4 is 33.2 Å². The summed E-state index contributed by atoms with van der Waals surface area (Å²) in [6.07, 6.45) is 0.133. The second kappa shape index (κ2) is 6.55. The lowest BCUT2D eigenvalue weighted by Gasteiger charge is -2.17. The maximum Gasteiger partial charge on any atom is 0.240 e. The highest BCUT2D eigenvalue weighted by Gasteiger charge is 2.33. The van der Waals surface area contributed by atoms with Crippen molar-refractivity contribution in [3.8, 4) is 0 Å². The molecule has 0 saturated carbocycles. The summed E-state index contributed by atoms with van der Waals surface area (Å²) in [6.45, 7) is 2.19. The summed E-state index contributed by atoms with van der Waals surface area (Å²) < 4.78 is 27.5. The van der Waals surface area contributed by atoms with Crippen LogP contribution in [0.1, 0.15) is 12.0 Å². The predicted molar refractivity (Wildman–Crippen MR) is 93.7 cm³/mol. The highest BCUT2D eigenvalue weighted by atomic mass is 35.5. The molecule has 1 aliphatic rings. The van der Waals surface area contributed by atoms with Gasteiger partial charge in [0.05, 0.1) is 4.90 Å². The minimum Gasteiger partial charge on any atom is -0.311 e. The number of carbonyl (C=O) groups excluding carboxylic acids is 1. The second-order valence-corrected chi connectivity index (χ2v) is 7.97. The predicted octanol–water partition coefficient (Wildman–Crippen LogP) is 2.73. The first-order valence-electron chi connectivity index (χ1n) is 7.50. The Morgan fingerprint density at radius 1 is 1.08 bits per heavy atom. The van der Waals surface area contributed by atoms with Gasteiger partial charge in [-0.25, -0.2) is 13.1 Å². The molecule has 5 nitrogen and oxygen atoms in total. The van der Waals surface area contributed by atoms with Gasteiger partial charge in [-0.2, -0.15) is 0 Å². The van der Waals surface area contributed by atoms with Crippen LogP contribution < -0.4 is 9.62 Å². The molecule has 3 rings (SSSR count). The van der Waals surface area contributed by atoms with E-state index in [1.165, 1.54) is 0 Å². The Morgan fingerprint density at radius 2 is 1.71 bits per heavy atom. The number of aryl methyl sites for hydroxylation is 1. The molecule has 1 aliphatic heterocycles. The van der Waals surface area contributed by atoms with E-state index in [0.29, 0.717) is 17.3 Å². The lowest BCUT2D eigenvalue weighted by Crippen LogP contribution is -2.37. The normalized spacial score (nSPS) is 18.2. The molecule has 126 valence electrons. The number of anilines is 1. The summed E-state index contributed by atoms with van der Waals surface area (Å²) in [5, 5.41) is 0.585. The number of carbonyl (C=O) groups is 1. The summed E-state index contributed by atoms with van der Waals surface area (Å²) in [5.41, 5.74) is 1.69. The van der Waals surface area contributed by atoms with Crippen LogP contribution in [-0.4, -0.2) is 26.9 Å². The third kappa shape index (κ3) is 3.61. The summed E-state index contributed by atoms with van der Waals surface area (Å²) in [4.78, 5) is 14.0. The molecule has 1 amide bonds. The molecule has 1 N–H and O–H groups in total. The number of amides is 1. The number of nitrogens with zero attached hydrogens (tertiary/aromatic N) is 1. The fourth-order valence-corrected chi connectivity index (χ4v) is 4.02. The van der Waals surface area contributed by atoms with E-state index in [1.54, 1.807) is 53.4 Å². The molecule has 1 atom stereocenters. The summed E-state index contributed by atoms with van der Waals surface area (Å²) in [6, 6.07) is 13.1. The number of benzene rings is 2.